The quantitative estimate of drug-likeness (QED) is 0.764. The van der Waals surface area contributed by atoms with Crippen molar-refractivity contribution in [1.29, 1.82) is 5.26 Å². The zero-order valence-electron chi connectivity index (χ0n) is 9.97. The van der Waals surface area contributed by atoms with Gasteiger partial charge in [-0.2, -0.15) is 5.26 Å². The lowest BCUT2D eigenvalue weighted by molar-refractivity contribution is 0.868. The number of aromatic nitrogens is 1. The van der Waals surface area contributed by atoms with Crippen LogP contribution in [0.2, 0.25) is 0 Å². The fourth-order valence-corrected chi connectivity index (χ4v) is 2.43. The number of nitrogens with zero attached hydrogens (tertiary/aromatic N) is 2. The highest BCUT2D eigenvalue weighted by molar-refractivity contribution is 7.99. The molecule has 0 atom stereocenters. The van der Waals surface area contributed by atoms with Crippen LogP contribution in [-0.2, 0) is 0 Å². The molecule has 2 rings (SSSR count). The van der Waals surface area contributed by atoms with Gasteiger partial charge < -0.3 is 0 Å². The lowest BCUT2D eigenvalue weighted by Gasteiger charge is -2.09. The number of pyridine rings is 1. The fraction of sp³-hybridized carbons (Fsp3) is 0.286. The summed E-state index contributed by atoms with van der Waals surface area (Å²) in [5.41, 5.74) is 2.31. The van der Waals surface area contributed by atoms with E-state index < -0.39 is 0 Å². The SMILES string of the molecule is CC(C)c1ccc2nccc(SCC#N)c2c1. The fourth-order valence-electron chi connectivity index (χ4n) is 1.73. The van der Waals surface area contributed by atoms with E-state index in [0.717, 1.165) is 15.8 Å². The largest absolute Gasteiger partial charge is 0.256 e. The Morgan fingerprint density at radius 1 is 1.35 bits per heavy atom. The van der Waals surface area contributed by atoms with Gasteiger partial charge in [-0.05, 0) is 29.7 Å². The molecule has 3 heteroatoms. The first-order chi connectivity index (χ1) is 8.22. The Morgan fingerprint density at radius 2 is 2.18 bits per heavy atom. The molecule has 0 aliphatic heterocycles. The van der Waals surface area contributed by atoms with Gasteiger partial charge in [-0.3, -0.25) is 4.98 Å². The van der Waals surface area contributed by atoms with Gasteiger partial charge in [0.15, 0.2) is 0 Å². The molecule has 0 N–H and O–H groups in total. The van der Waals surface area contributed by atoms with Crippen molar-refractivity contribution in [2.75, 3.05) is 5.75 Å². The summed E-state index contributed by atoms with van der Waals surface area (Å²) in [6.07, 6.45) is 1.80. The van der Waals surface area contributed by atoms with Crippen molar-refractivity contribution in [3.8, 4) is 6.07 Å². The summed E-state index contributed by atoms with van der Waals surface area (Å²) in [6, 6.07) is 10.5. The molecule has 0 amide bonds. The molecule has 0 saturated carbocycles. The molecule has 2 nitrogen and oxygen atoms in total. The van der Waals surface area contributed by atoms with E-state index in [9.17, 15) is 0 Å². The third-order valence-electron chi connectivity index (χ3n) is 2.68. The standard InChI is InChI=1S/C14H14N2S/c1-10(2)11-3-4-13-12(9-11)14(5-7-16-13)17-8-6-15/h3-5,7,9-10H,8H2,1-2H3. The van der Waals surface area contributed by atoms with E-state index in [4.69, 9.17) is 5.26 Å². The summed E-state index contributed by atoms with van der Waals surface area (Å²) in [6.45, 7) is 4.36. The van der Waals surface area contributed by atoms with E-state index in [2.05, 4.69) is 43.1 Å². The second kappa shape index (κ2) is 5.20. The van der Waals surface area contributed by atoms with Crippen molar-refractivity contribution in [1.82, 2.24) is 4.98 Å². The topological polar surface area (TPSA) is 36.7 Å². The van der Waals surface area contributed by atoms with Crippen molar-refractivity contribution in [2.45, 2.75) is 24.7 Å². The molecule has 1 heterocycles. The number of fused-ring (bicyclic) bond motifs is 1. The number of thioether (sulfide) groups is 1. The minimum absolute atomic E-state index is 0.477. The van der Waals surface area contributed by atoms with Crippen LogP contribution in [0, 0.1) is 11.3 Å². The predicted molar refractivity (Wildman–Crippen MR) is 72.2 cm³/mol. The second-order valence-corrected chi connectivity index (χ2v) is 5.20. The van der Waals surface area contributed by atoms with Crippen LogP contribution >= 0.6 is 11.8 Å². The molecule has 0 bridgehead atoms. The molecule has 0 radical (unpaired) electrons. The van der Waals surface area contributed by atoms with E-state index in [-0.39, 0.29) is 0 Å². The Labute approximate surface area is 106 Å². The van der Waals surface area contributed by atoms with E-state index in [1.807, 2.05) is 6.07 Å². The van der Waals surface area contributed by atoms with Crippen LogP contribution in [-0.4, -0.2) is 10.7 Å². The first-order valence-electron chi connectivity index (χ1n) is 5.61. The third-order valence-corrected chi connectivity index (χ3v) is 3.62. The van der Waals surface area contributed by atoms with E-state index in [1.165, 1.54) is 5.56 Å². The molecular weight excluding hydrogens is 228 g/mol. The maximum absolute atomic E-state index is 8.66. The van der Waals surface area contributed by atoms with Gasteiger partial charge in [-0.1, -0.05) is 19.9 Å². The van der Waals surface area contributed by atoms with Gasteiger partial charge in [-0.25, -0.2) is 0 Å². The molecule has 0 aliphatic carbocycles. The maximum atomic E-state index is 8.66. The van der Waals surface area contributed by atoms with Gasteiger partial charge in [0.05, 0.1) is 17.3 Å². The van der Waals surface area contributed by atoms with Gasteiger partial charge in [0, 0.05) is 16.5 Å². The van der Waals surface area contributed by atoms with Crippen LogP contribution < -0.4 is 0 Å². The van der Waals surface area contributed by atoms with E-state index in [1.54, 1.807) is 18.0 Å². The Balaban J connectivity index is 2.52. The van der Waals surface area contributed by atoms with Gasteiger partial charge in [-0.15, -0.1) is 11.8 Å². The van der Waals surface area contributed by atoms with Crippen molar-refractivity contribution in [3.63, 3.8) is 0 Å². The summed E-state index contributed by atoms with van der Waals surface area (Å²) in [5.74, 6) is 0.985. The van der Waals surface area contributed by atoms with Crippen molar-refractivity contribution in [3.05, 3.63) is 36.0 Å². The highest BCUT2D eigenvalue weighted by Crippen LogP contribution is 2.28. The number of hydrogen-bond donors (Lipinski definition) is 0. The van der Waals surface area contributed by atoms with Crippen LogP contribution in [0.15, 0.2) is 35.4 Å². The van der Waals surface area contributed by atoms with Crippen LogP contribution in [0.3, 0.4) is 0 Å². The van der Waals surface area contributed by atoms with Crippen LogP contribution in [0.1, 0.15) is 25.3 Å². The number of hydrogen-bond acceptors (Lipinski definition) is 3. The zero-order chi connectivity index (χ0) is 12.3. The molecule has 0 fully saturated rings. The van der Waals surface area contributed by atoms with Crippen molar-refractivity contribution < 1.29 is 0 Å². The summed E-state index contributed by atoms with van der Waals surface area (Å²) in [7, 11) is 0. The molecule has 0 unspecified atom stereocenters. The minimum atomic E-state index is 0.477. The lowest BCUT2D eigenvalue weighted by Crippen LogP contribution is -1.89. The first kappa shape index (κ1) is 11.9. The number of nitriles is 1. The lowest BCUT2D eigenvalue weighted by atomic mass is 10.0. The summed E-state index contributed by atoms with van der Waals surface area (Å²) in [4.78, 5) is 5.49. The van der Waals surface area contributed by atoms with Crippen LogP contribution in [0.4, 0.5) is 0 Å². The molecule has 0 saturated heterocycles. The van der Waals surface area contributed by atoms with Crippen LogP contribution in [0.25, 0.3) is 10.9 Å². The smallest absolute Gasteiger partial charge is 0.0855 e. The molecule has 0 spiro atoms. The average Bonchev–Trinajstić information content (AvgIpc) is 2.35. The molecule has 1 aromatic heterocycles. The number of benzene rings is 1. The summed E-state index contributed by atoms with van der Waals surface area (Å²) >= 11 is 1.57. The molecule has 86 valence electrons. The normalized spacial score (nSPS) is 10.7. The Morgan fingerprint density at radius 3 is 2.88 bits per heavy atom. The average molecular weight is 242 g/mol. The van der Waals surface area contributed by atoms with Gasteiger partial charge in [0.2, 0.25) is 0 Å². The highest BCUT2D eigenvalue weighted by atomic mass is 32.2. The molecule has 17 heavy (non-hydrogen) atoms. The predicted octanol–water partition coefficient (Wildman–Crippen LogP) is 3.97. The van der Waals surface area contributed by atoms with Crippen LogP contribution in [0.5, 0.6) is 0 Å². The second-order valence-electron chi connectivity index (χ2n) is 4.19. The Bertz CT molecular complexity index is 570. The maximum Gasteiger partial charge on any atom is 0.0855 e. The van der Waals surface area contributed by atoms with Gasteiger partial charge in [0.25, 0.3) is 0 Å². The summed E-state index contributed by atoms with van der Waals surface area (Å²) < 4.78 is 0. The van der Waals surface area contributed by atoms with E-state index in [0.29, 0.717) is 11.7 Å². The van der Waals surface area contributed by atoms with Gasteiger partial charge in [0.1, 0.15) is 0 Å². The molecule has 0 aliphatic rings. The third kappa shape index (κ3) is 2.59. The zero-order valence-corrected chi connectivity index (χ0v) is 10.8. The summed E-state index contributed by atoms with van der Waals surface area (Å²) in [5, 5.41) is 9.81. The monoisotopic (exact) mass is 242 g/mol. The van der Waals surface area contributed by atoms with E-state index >= 15 is 0 Å². The first-order valence-corrected chi connectivity index (χ1v) is 6.59. The molecule has 1 aromatic carbocycles. The highest BCUT2D eigenvalue weighted by Gasteiger charge is 2.05. The van der Waals surface area contributed by atoms with Crippen molar-refractivity contribution >= 4 is 22.7 Å². The van der Waals surface area contributed by atoms with Gasteiger partial charge >= 0.3 is 0 Å². The minimum Gasteiger partial charge on any atom is -0.256 e. The van der Waals surface area contributed by atoms with Crippen molar-refractivity contribution in [2.24, 2.45) is 0 Å². The molecular formula is C14H14N2S. The Kier molecular flexibility index (Phi) is 3.65. The number of rotatable bonds is 3. The Hall–Kier alpha value is -1.53. The molecule has 2 aromatic rings.